The summed E-state index contributed by atoms with van der Waals surface area (Å²) in [6.07, 6.45) is -1.04. The van der Waals surface area contributed by atoms with Crippen molar-refractivity contribution in [2.45, 2.75) is 26.9 Å². The van der Waals surface area contributed by atoms with Gasteiger partial charge in [0.15, 0.2) is 6.10 Å². The maximum atomic E-state index is 12.1. The molecule has 2 aromatic carbocycles. The van der Waals surface area contributed by atoms with Crippen molar-refractivity contribution in [3.8, 4) is 0 Å². The lowest BCUT2D eigenvalue weighted by Gasteiger charge is -2.15. The summed E-state index contributed by atoms with van der Waals surface area (Å²) in [6, 6.07) is 11.8. The smallest absolute Gasteiger partial charge is 0.338 e. The number of esters is 1. The first-order chi connectivity index (χ1) is 12.8. The molecule has 0 aliphatic rings. The van der Waals surface area contributed by atoms with Crippen LogP contribution in [0.4, 0.5) is 5.69 Å². The molecule has 0 aromatic heterocycles. The number of rotatable bonds is 6. The van der Waals surface area contributed by atoms with E-state index in [-0.39, 0.29) is 18.0 Å². The van der Waals surface area contributed by atoms with Crippen LogP contribution < -0.4 is 10.6 Å². The Morgan fingerprint density at radius 1 is 1.04 bits per heavy atom. The van der Waals surface area contributed by atoms with Crippen molar-refractivity contribution in [2.75, 3.05) is 11.9 Å². The Labute approximate surface area is 162 Å². The molecule has 0 saturated heterocycles. The molecular weight excluding hydrogens is 368 g/mol. The number of hydrogen-bond acceptors (Lipinski definition) is 4. The van der Waals surface area contributed by atoms with Crippen LogP contribution in [0.5, 0.6) is 0 Å². The van der Waals surface area contributed by atoms with Gasteiger partial charge in [0, 0.05) is 10.7 Å². The van der Waals surface area contributed by atoms with Gasteiger partial charge in [0.05, 0.1) is 12.1 Å². The van der Waals surface area contributed by atoms with Gasteiger partial charge < -0.3 is 15.4 Å². The third-order valence-corrected chi connectivity index (χ3v) is 4.15. The fourth-order valence-electron chi connectivity index (χ4n) is 2.37. The number of hydrogen-bond donors (Lipinski definition) is 2. The first-order valence-corrected chi connectivity index (χ1v) is 8.76. The van der Waals surface area contributed by atoms with Crippen LogP contribution in [0.15, 0.2) is 42.5 Å². The Balaban J connectivity index is 1.84. The van der Waals surface area contributed by atoms with Crippen molar-refractivity contribution in [3.63, 3.8) is 0 Å². The summed E-state index contributed by atoms with van der Waals surface area (Å²) in [4.78, 5) is 36.1. The molecule has 1 unspecified atom stereocenters. The lowest BCUT2D eigenvalue weighted by atomic mass is 10.1. The fourth-order valence-corrected chi connectivity index (χ4v) is 2.50. The molecule has 0 radical (unpaired) electrons. The van der Waals surface area contributed by atoms with Gasteiger partial charge in [-0.3, -0.25) is 9.59 Å². The second kappa shape index (κ2) is 9.19. The Morgan fingerprint density at radius 3 is 2.22 bits per heavy atom. The van der Waals surface area contributed by atoms with Crippen LogP contribution in [-0.2, 0) is 14.3 Å². The molecule has 2 rings (SSSR count). The highest BCUT2D eigenvalue weighted by atomic mass is 35.5. The molecule has 0 aliphatic heterocycles. The second-order valence-corrected chi connectivity index (χ2v) is 6.52. The van der Waals surface area contributed by atoms with Crippen LogP contribution in [-0.4, -0.2) is 30.4 Å². The topological polar surface area (TPSA) is 84.5 Å². The quantitative estimate of drug-likeness (QED) is 0.744. The van der Waals surface area contributed by atoms with Gasteiger partial charge in [-0.15, -0.1) is 0 Å². The molecule has 2 amide bonds. The highest BCUT2D eigenvalue weighted by molar-refractivity contribution is 6.30. The number of carbonyl (C=O) groups excluding carboxylic acids is 3. The molecule has 2 aromatic rings. The maximum absolute atomic E-state index is 12.1. The molecule has 6 nitrogen and oxygen atoms in total. The zero-order valence-corrected chi connectivity index (χ0v) is 16.1. The van der Waals surface area contributed by atoms with E-state index >= 15 is 0 Å². The van der Waals surface area contributed by atoms with E-state index < -0.39 is 18.0 Å². The minimum absolute atomic E-state index is 0.227. The number of nitrogens with one attached hydrogen (secondary N) is 2. The number of halogens is 1. The molecule has 7 heteroatoms. The molecule has 2 N–H and O–H groups in total. The lowest BCUT2D eigenvalue weighted by molar-refractivity contribution is -0.130. The van der Waals surface area contributed by atoms with Crippen LogP contribution >= 0.6 is 11.6 Å². The van der Waals surface area contributed by atoms with E-state index in [0.29, 0.717) is 5.02 Å². The van der Waals surface area contributed by atoms with Crippen molar-refractivity contribution in [1.29, 1.82) is 0 Å². The Hall–Kier alpha value is -2.86. The zero-order valence-electron chi connectivity index (χ0n) is 15.3. The monoisotopic (exact) mass is 388 g/mol. The van der Waals surface area contributed by atoms with Gasteiger partial charge in [0.2, 0.25) is 5.91 Å². The third-order valence-electron chi connectivity index (χ3n) is 3.90. The van der Waals surface area contributed by atoms with Crippen LogP contribution in [0.1, 0.15) is 28.4 Å². The van der Waals surface area contributed by atoms with E-state index in [1.807, 2.05) is 32.0 Å². The van der Waals surface area contributed by atoms with Gasteiger partial charge in [-0.05, 0) is 56.2 Å². The predicted molar refractivity (Wildman–Crippen MR) is 104 cm³/mol. The molecule has 1 atom stereocenters. The lowest BCUT2D eigenvalue weighted by Crippen LogP contribution is -2.40. The summed E-state index contributed by atoms with van der Waals surface area (Å²) in [5.41, 5.74) is 2.87. The third kappa shape index (κ3) is 5.82. The van der Waals surface area contributed by atoms with Crippen molar-refractivity contribution in [1.82, 2.24) is 5.32 Å². The van der Waals surface area contributed by atoms with Crippen molar-refractivity contribution < 1.29 is 19.1 Å². The average Bonchev–Trinajstić information content (AvgIpc) is 2.63. The van der Waals surface area contributed by atoms with Crippen LogP contribution in [0.2, 0.25) is 5.02 Å². The largest absolute Gasteiger partial charge is 0.449 e. The normalized spacial score (nSPS) is 11.4. The van der Waals surface area contributed by atoms with Gasteiger partial charge in [-0.25, -0.2) is 4.79 Å². The van der Waals surface area contributed by atoms with Gasteiger partial charge >= 0.3 is 5.97 Å². The fraction of sp³-hybridized carbons (Fsp3) is 0.250. The van der Waals surface area contributed by atoms with Crippen molar-refractivity contribution in [3.05, 3.63) is 64.2 Å². The number of carbonyl (C=O) groups is 3. The second-order valence-electron chi connectivity index (χ2n) is 6.09. The molecule has 0 aliphatic carbocycles. The van der Waals surface area contributed by atoms with Crippen LogP contribution in [0.3, 0.4) is 0 Å². The number of benzene rings is 2. The highest BCUT2D eigenvalue weighted by Crippen LogP contribution is 2.19. The summed E-state index contributed by atoms with van der Waals surface area (Å²) >= 11 is 5.77. The van der Waals surface area contributed by atoms with Crippen LogP contribution in [0.25, 0.3) is 0 Å². The molecular formula is C20H21ClN2O4. The Morgan fingerprint density at radius 2 is 1.63 bits per heavy atom. The minimum atomic E-state index is -1.04. The number of amides is 2. The molecule has 27 heavy (non-hydrogen) atoms. The summed E-state index contributed by atoms with van der Waals surface area (Å²) in [5, 5.41) is 5.72. The Bertz CT molecular complexity index is 829. The number of anilines is 1. The van der Waals surface area contributed by atoms with Gasteiger partial charge in [0.25, 0.3) is 5.91 Å². The number of para-hydroxylation sites is 1. The summed E-state index contributed by atoms with van der Waals surface area (Å²) in [6.45, 7) is 4.99. The van der Waals surface area contributed by atoms with E-state index in [9.17, 15) is 14.4 Å². The molecule has 0 fully saturated rings. The average molecular weight is 389 g/mol. The standard InChI is InChI=1S/C20H21ClN2O4/c1-12-5-4-6-13(2)18(12)23-17(24)11-22-19(25)14(3)27-20(26)15-7-9-16(21)10-8-15/h4-10,14H,11H2,1-3H3,(H,22,25)(H,23,24). The van der Waals surface area contributed by atoms with E-state index in [1.165, 1.54) is 19.1 Å². The van der Waals surface area contributed by atoms with E-state index in [0.717, 1.165) is 16.8 Å². The summed E-state index contributed by atoms with van der Waals surface area (Å²) < 4.78 is 5.10. The minimum Gasteiger partial charge on any atom is -0.449 e. The van der Waals surface area contributed by atoms with Gasteiger partial charge in [0.1, 0.15) is 0 Å². The summed E-state index contributed by atoms with van der Waals surface area (Å²) in [7, 11) is 0. The number of aryl methyl sites for hydroxylation is 2. The number of ether oxygens (including phenoxy) is 1. The van der Waals surface area contributed by atoms with Crippen molar-refractivity contribution >= 4 is 35.1 Å². The SMILES string of the molecule is Cc1cccc(C)c1NC(=O)CNC(=O)C(C)OC(=O)c1ccc(Cl)cc1. The molecule has 0 saturated carbocycles. The predicted octanol–water partition coefficient (Wildman–Crippen LogP) is 3.26. The molecule has 0 heterocycles. The van der Waals surface area contributed by atoms with E-state index in [2.05, 4.69) is 10.6 Å². The highest BCUT2D eigenvalue weighted by Gasteiger charge is 2.19. The first-order valence-electron chi connectivity index (χ1n) is 8.38. The first kappa shape index (κ1) is 20.5. The van der Waals surface area contributed by atoms with E-state index in [4.69, 9.17) is 16.3 Å². The van der Waals surface area contributed by atoms with Crippen molar-refractivity contribution in [2.24, 2.45) is 0 Å². The molecule has 0 bridgehead atoms. The maximum Gasteiger partial charge on any atom is 0.338 e. The van der Waals surface area contributed by atoms with Gasteiger partial charge in [-0.2, -0.15) is 0 Å². The van der Waals surface area contributed by atoms with Crippen LogP contribution in [0, 0.1) is 13.8 Å². The van der Waals surface area contributed by atoms with Gasteiger partial charge in [-0.1, -0.05) is 29.8 Å². The summed E-state index contributed by atoms with van der Waals surface area (Å²) in [5.74, 6) is -1.57. The zero-order chi connectivity index (χ0) is 20.0. The Kier molecular flexibility index (Phi) is 6.96. The molecule has 142 valence electrons. The van der Waals surface area contributed by atoms with E-state index in [1.54, 1.807) is 12.1 Å². The molecule has 0 spiro atoms.